The molecule has 0 radical (unpaired) electrons. The summed E-state index contributed by atoms with van der Waals surface area (Å²) in [6.07, 6.45) is 3.65. The summed E-state index contributed by atoms with van der Waals surface area (Å²) in [6, 6.07) is 17.9. The highest BCUT2D eigenvalue weighted by Gasteiger charge is 2.13. The molecule has 0 aliphatic heterocycles. The number of rotatable bonds is 6. The number of halogens is 1. The van der Waals surface area contributed by atoms with Gasteiger partial charge in [0, 0.05) is 29.0 Å². The summed E-state index contributed by atoms with van der Waals surface area (Å²) in [4.78, 5) is 0. The first kappa shape index (κ1) is 21.1. The van der Waals surface area contributed by atoms with Crippen molar-refractivity contribution in [3.05, 3.63) is 94.5 Å². The predicted molar refractivity (Wildman–Crippen MR) is 129 cm³/mol. The highest BCUT2D eigenvalue weighted by Crippen LogP contribution is 2.18. The van der Waals surface area contributed by atoms with E-state index in [0.29, 0.717) is 18.2 Å². The van der Waals surface area contributed by atoms with Crippen molar-refractivity contribution in [2.45, 2.75) is 26.9 Å². The van der Waals surface area contributed by atoms with Gasteiger partial charge in [-0.2, -0.15) is 10.2 Å². The van der Waals surface area contributed by atoms with Crippen LogP contribution in [0.25, 0.3) is 5.69 Å². The van der Waals surface area contributed by atoms with Crippen molar-refractivity contribution in [1.29, 1.82) is 0 Å². The zero-order chi connectivity index (χ0) is 21.8. The quantitative estimate of drug-likeness (QED) is 0.410. The topological polar surface area (TPSA) is 59.7 Å². The molecular weight excluding hydrogens is 428 g/mol. The monoisotopic (exact) mass is 450 g/mol. The Bertz CT molecular complexity index is 1200. The number of para-hydroxylation sites is 1. The van der Waals surface area contributed by atoms with E-state index < -0.39 is 0 Å². The largest absolute Gasteiger partial charge is 0.358 e. The van der Waals surface area contributed by atoms with E-state index in [9.17, 15) is 0 Å². The molecule has 0 amide bonds. The third kappa shape index (κ3) is 4.95. The molecule has 2 N–H and O–H groups in total. The molecule has 2 aromatic heterocycles. The third-order valence-corrected chi connectivity index (χ3v) is 5.66. The van der Waals surface area contributed by atoms with E-state index in [1.807, 2.05) is 77.1 Å². The first-order valence-electron chi connectivity index (χ1n) is 9.92. The summed E-state index contributed by atoms with van der Waals surface area (Å²) in [5.74, 6) is 0. The van der Waals surface area contributed by atoms with Crippen molar-refractivity contribution in [2.24, 2.45) is 0 Å². The number of nitrogens with zero attached hydrogens (tertiary/aromatic N) is 4. The van der Waals surface area contributed by atoms with Gasteiger partial charge in [-0.1, -0.05) is 48.0 Å². The molecule has 0 unspecified atom stereocenters. The van der Waals surface area contributed by atoms with Crippen LogP contribution in [0.3, 0.4) is 0 Å². The van der Waals surface area contributed by atoms with Crippen molar-refractivity contribution in [3.63, 3.8) is 0 Å². The van der Waals surface area contributed by atoms with E-state index >= 15 is 0 Å². The number of benzene rings is 2. The Kier molecular flexibility index (Phi) is 6.34. The molecule has 0 saturated carbocycles. The average molecular weight is 451 g/mol. The lowest BCUT2D eigenvalue weighted by Gasteiger charge is -2.10. The lowest BCUT2D eigenvalue weighted by atomic mass is 10.2. The van der Waals surface area contributed by atoms with Crippen LogP contribution in [0, 0.1) is 13.8 Å². The van der Waals surface area contributed by atoms with Gasteiger partial charge < -0.3 is 10.6 Å². The lowest BCUT2D eigenvalue weighted by molar-refractivity contribution is 0.687. The first-order chi connectivity index (χ1) is 15.0. The van der Waals surface area contributed by atoms with E-state index in [1.54, 1.807) is 6.20 Å². The molecule has 4 aromatic rings. The van der Waals surface area contributed by atoms with E-state index in [4.69, 9.17) is 23.8 Å². The number of hydrogen-bond acceptors (Lipinski definition) is 3. The molecule has 6 nitrogen and oxygen atoms in total. The normalized spacial score (nSPS) is 10.8. The summed E-state index contributed by atoms with van der Waals surface area (Å²) in [7, 11) is 0. The van der Waals surface area contributed by atoms with Gasteiger partial charge in [-0.15, -0.1) is 0 Å². The fourth-order valence-electron chi connectivity index (χ4n) is 3.41. The average Bonchev–Trinajstić information content (AvgIpc) is 3.32. The zero-order valence-corrected chi connectivity index (χ0v) is 18.9. The van der Waals surface area contributed by atoms with E-state index in [2.05, 4.69) is 27.8 Å². The minimum Gasteiger partial charge on any atom is -0.358 e. The number of aryl methyl sites for hydroxylation is 1. The number of anilines is 1. The maximum absolute atomic E-state index is 6.24. The van der Waals surface area contributed by atoms with Crippen molar-refractivity contribution in [2.75, 3.05) is 5.32 Å². The molecule has 0 bridgehead atoms. The SMILES string of the molecule is Cc1nn(-c2ccccc2)c(C)c1CNC(=S)Nc1cnn(Cc2ccccc2Cl)c1. The number of thiocarbonyl (C=S) groups is 1. The van der Waals surface area contributed by atoms with Gasteiger partial charge in [0.25, 0.3) is 0 Å². The second-order valence-electron chi connectivity index (χ2n) is 7.22. The zero-order valence-electron chi connectivity index (χ0n) is 17.3. The Morgan fingerprint density at radius 2 is 1.81 bits per heavy atom. The molecular formula is C23H23ClN6S. The second-order valence-corrected chi connectivity index (χ2v) is 8.04. The van der Waals surface area contributed by atoms with E-state index in [1.165, 1.54) is 0 Å². The van der Waals surface area contributed by atoms with Crippen molar-refractivity contribution >= 4 is 34.6 Å². The minimum atomic E-state index is 0.531. The standard InChI is InChI=1S/C23H23ClN6S/c1-16-21(17(2)30(28-16)20-9-4-3-5-10-20)13-25-23(31)27-19-12-26-29(15-19)14-18-8-6-7-11-22(18)24/h3-12,15H,13-14H2,1-2H3,(H2,25,27,31). The van der Waals surface area contributed by atoms with Gasteiger partial charge in [0.1, 0.15) is 0 Å². The van der Waals surface area contributed by atoms with Gasteiger partial charge in [0.15, 0.2) is 5.11 Å². The minimum absolute atomic E-state index is 0.531. The summed E-state index contributed by atoms with van der Waals surface area (Å²) in [5.41, 5.74) is 6.07. The number of nitrogens with one attached hydrogen (secondary N) is 2. The van der Waals surface area contributed by atoms with E-state index in [0.717, 1.165) is 38.9 Å². The van der Waals surface area contributed by atoms with Gasteiger partial charge in [-0.05, 0) is 49.8 Å². The van der Waals surface area contributed by atoms with Gasteiger partial charge in [-0.25, -0.2) is 4.68 Å². The summed E-state index contributed by atoms with van der Waals surface area (Å²) < 4.78 is 3.78. The van der Waals surface area contributed by atoms with Crippen LogP contribution in [0.2, 0.25) is 5.02 Å². The van der Waals surface area contributed by atoms with Crippen LogP contribution in [-0.2, 0) is 13.1 Å². The molecule has 158 valence electrons. The predicted octanol–water partition coefficient (Wildman–Crippen LogP) is 4.87. The van der Waals surface area contributed by atoms with Crippen LogP contribution in [0.15, 0.2) is 67.0 Å². The molecule has 8 heteroatoms. The molecule has 4 rings (SSSR count). The summed E-state index contributed by atoms with van der Waals surface area (Å²) in [5, 5.41) is 16.8. The maximum Gasteiger partial charge on any atom is 0.171 e. The Morgan fingerprint density at radius 1 is 1.06 bits per heavy atom. The van der Waals surface area contributed by atoms with Gasteiger partial charge in [-0.3, -0.25) is 4.68 Å². The van der Waals surface area contributed by atoms with Gasteiger partial charge >= 0.3 is 0 Å². The van der Waals surface area contributed by atoms with E-state index in [-0.39, 0.29) is 0 Å². The Hall–Kier alpha value is -3.16. The van der Waals surface area contributed by atoms with Crippen LogP contribution in [0.4, 0.5) is 5.69 Å². The highest BCUT2D eigenvalue weighted by atomic mass is 35.5. The third-order valence-electron chi connectivity index (χ3n) is 5.05. The van der Waals surface area contributed by atoms with Crippen LogP contribution in [0.1, 0.15) is 22.5 Å². The number of hydrogen-bond donors (Lipinski definition) is 2. The highest BCUT2D eigenvalue weighted by molar-refractivity contribution is 7.80. The lowest BCUT2D eigenvalue weighted by Crippen LogP contribution is -2.28. The molecule has 0 aliphatic rings. The molecule has 0 fully saturated rings. The van der Waals surface area contributed by atoms with Crippen molar-refractivity contribution < 1.29 is 0 Å². The van der Waals surface area contributed by atoms with Crippen LogP contribution in [0.5, 0.6) is 0 Å². The van der Waals surface area contributed by atoms with Crippen LogP contribution >= 0.6 is 23.8 Å². The summed E-state index contributed by atoms with van der Waals surface area (Å²) >= 11 is 11.7. The maximum atomic E-state index is 6.24. The number of aromatic nitrogens is 4. The second kappa shape index (κ2) is 9.32. The van der Waals surface area contributed by atoms with Gasteiger partial charge in [0.05, 0.1) is 29.8 Å². The molecule has 0 saturated heterocycles. The molecule has 0 spiro atoms. The fourth-order valence-corrected chi connectivity index (χ4v) is 3.80. The van der Waals surface area contributed by atoms with Crippen molar-refractivity contribution in [1.82, 2.24) is 24.9 Å². The molecule has 2 aromatic carbocycles. The smallest absolute Gasteiger partial charge is 0.171 e. The molecule has 31 heavy (non-hydrogen) atoms. The fraction of sp³-hybridized carbons (Fsp3) is 0.174. The Labute approximate surface area is 191 Å². The molecule has 0 aliphatic carbocycles. The van der Waals surface area contributed by atoms with Crippen LogP contribution < -0.4 is 10.6 Å². The van der Waals surface area contributed by atoms with Crippen LogP contribution in [-0.4, -0.2) is 24.7 Å². The first-order valence-corrected chi connectivity index (χ1v) is 10.7. The summed E-state index contributed by atoms with van der Waals surface area (Å²) in [6.45, 7) is 5.26. The van der Waals surface area contributed by atoms with Gasteiger partial charge in [0.2, 0.25) is 0 Å². The molecule has 2 heterocycles. The Balaban J connectivity index is 1.37. The van der Waals surface area contributed by atoms with Crippen molar-refractivity contribution in [3.8, 4) is 5.69 Å². The molecule has 0 atom stereocenters. The Morgan fingerprint density at radius 3 is 2.58 bits per heavy atom.